The van der Waals surface area contributed by atoms with Crippen molar-refractivity contribution in [3.05, 3.63) is 11.1 Å². The normalized spacial score (nSPS) is 40.3. The van der Waals surface area contributed by atoms with E-state index in [0.717, 1.165) is 23.6 Å². The maximum absolute atomic E-state index is 6.41. The number of hydrogen-bond donors (Lipinski definition) is 0. The second-order valence-corrected chi connectivity index (χ2v) is 7.80. The number of nitrogens with zero attached hydrogens (tertiary/aromatic N) is 3. The van der Waals surface area contributed by atoms with E-state index in [1.165, 1.54) is 38.5 Å². The second kappa shape index (κ2) is 3.97. The summed E-state index contributed by atoms with van der Waals surface area (Å²) in [5.41, 5.74) is 0.245. The van der Waals surface area contributed by atoms with Crippen LogP contribution in [0.15, 0.2) is 0 Å². The summed E-state index contributed by atoms with van der Waals surface area (Å²) in [6, 6.07) is 0. The third-order valence-corrected chi connectivity index (χ3v) is 5.89. The first kappa shape index (κ1) is 12.2. The predicted octanol–water partition coefficient (Wildman–Crippen LogP) is 3.98. The Bertz CT molecular complexity index is 470. The van der Waals surface area contributed by atoms with E-state index in [0.29, 0.717) is 11.2 Å². The number of aromatic nitrogens is 3. The molecule has 4 aliphatic carbocycles. The summed E-state index contributed by atoms with van der Waals surface area (Å²) in [5.74, 6) is 4.25. The molecule has 0 atom stereocenters. The molecule has 0 aromatic carbocycles. The van der Waals surface area contributed by atoms with E-state index < -0.39 is 0 Å². The van der Waals surface area contributed by atoms with Gasteiger partial charge in [0.05, 0.1) is 0 Å². The molecule has 4 saturated carbocycles. The SMILES string of the molecule is CC(C)c1nnc(Cl)n1C12CC3CC(CC(C3)C1)C2. The lowest BCUT2D eigenvalue weighted by Crippen LogP contribution is -2.52. The van der Waals surface area contributed by atoms with Crippen LogP contribution >= 0.6 is 11.6 Å². The van der Waals surface area contributed by atoms with Crippen molar-refractivity contribution in [2.24, 2.45) is 17.8 Å². The molecule has 104 valence electrons. The Morgan fingerprint density at radius 2 is 1.58 bits per heavy atom. The zero-order valence-corrected chi connectivity index (χ0v) is 12.5. The van der Waals surface area contributed by atoms with Crippen molar-refractivity contribution < 1.29 is 0 Å². The first-order chi connectivity index (χ1) is 9.07. The van der Waals surface area contributed by atoms with Crippen molar-refractivity contribution in [3.63, 3.8) is 0 Å². The van der Waals surface area contributed by atoms with Gasteiger partial charge in [-0.15, -0.1) is 10.2 Å². The van der Waals surface area contributed by atoms with E-state index in [-0.39, 0.29) is 5.54 Å². The van der Waals surface area contributed by atoms with Gasteiger partial charge in [0, 0.05) is 11.5 Å². The van der Waals surface area contributed by atoms with Gasteiger partial charge >= 0.3 is 0 Å². The minimum Gasteiger partial charge on any atom is -0.295 e. The van der Waals surface area contributed by atoms with Crippen LogP contribution in [0.25, 0.3) is 0 Å². The van der Waals surface area contributed by atoms with Crippen LogP contribution in [-0.2, 0) is 5.54 Å². The Morgan fingerprint density at radius 3 is 2.05 bits per heavy atom. The van der Waals surface area contributed by atoms with E-state index in [9.17, 15) is 0 Å². The van der Waals surface area contributed by atoms with Gasteiger partial charge in [-0.25, -0.2) is 0 Å². The molecule has 0 aliphatic heterocycles. The molecule has 4 fully saturated rings. The van der Waals surface area contributed by atoms with E-state index in [1.807, 2.05) is 0 Å². The van der Waals surface area contributed by atoms with Crippen molar-refractivity contribution in [3.8, 4) is 0 Å². The summed E-state index contributed by atoms with van der Waals surface area (Å²) >= 11 is 6.41. The average molecular weight is 280 g/mol. The highest BCUT2D eigenvalue weighted by atomic mass is 35.5. The summed E-state index contributed by atoms with van der Waals surface area (Å²) in [7, 11) is 0. The van der Waals surface area contributed by atoms with Crippen LogP contribution in [0.4, 0.5) is 0 Å². The van der Waals surface area contributed by atoms with Crippen LogP contribution in [0.3, 0.4) is 0 Å². The lowest BCUT2D eigenvalue weighted by molar-refractivity contribution is -0.0447. The van der Waals surface area contributed by atoms with E-state index >= 15 is 0 Å². The maximum atomic E-state index is 6.41. The fraction of sp³-hybridized carbons (Fsp3) is 0.867. The molecule has 19 heavy (non-hydrogen) atoms. The monoisotopic (exact) mass is 279 g/mol. The summed E-state index contributed by atoms with van der Waals surface area (Å²) in [5, 5.41) is 9.14. The van der Waals surface area contributed by atoms with Gasteiger partial charge in [0.25, 0.3) is 0 Å². The van der Waals surface area contributed by atoms with Gasteiger partial charge in [0.2, 0.25) is 5.28 Å². The van der Waals surface area contributed by atoms with Crippen molar-refractivity contribution in [2.75, 3.05) is 0 Å². The molecule has 1 heterocycles. The van der Waals surface area contributed by atoms with Crippen LogP contribution in [0, 0.1) is 17.8 Å². The molecule has 0 radical (unpaired) electrons. The lowest BCUT2D eigenvalue weighted by atomic mass is 9.53. The summed E-state index contributed by atoms with van der Waals surface area (Å²) in [4.78, 5) is 0. The van der Waals surface area contributed by atoms with Crippen LogP contribution in [0.1, 0.15) is 64.1 Å². The summed E-state index contributed by atoms with van der Waals surface area (Å²) in [6.07, 6.45) is 8.27. The number of rotatable bonds is 2. The van der Waals surface area contributed by atoms with Gasteiger partial charge in [-0.2, -0.15) is 0 Å². The van der Waals surface area contributed by atoms with Crippen LogP contribution in [0.2, 0.25) is 5.28 Å². The molecule has 4 heteroatoms. The second-order valence-electron chi connectivity index (χ2n) is 7.46. The van der Waals surface area contributed by atoms with Gasteiger partial charge in [0.1, 0.15) is 5.82 Å². The van der Waals surface area contributed by atoms with E-state index in [1.54, 1.807) is 0 Å². The molecule has 0 spiro atoms. The summed E-state index contributed by atoms with van der Waals surface area (Å²) in [6.45, 7) is 4.38. The first-order valence-electron chi connectivity index (χ1n) is 7.69. The smallest absolute Gasteiger partial charge is 0.225 e. The first-order valence-corrected chi connectivity index (χ1v) is 8.06. The number of halogens is 1. The van der Waals surface area contributed by atoms with Gasteiger partial charge in [0.15, 0.2) is 0 Å². The fourth-order valence-electron chi connectivity index (χ4n) is 5.43. The molecule has 0 amide bonds. The highest BCUT2D eigenvalue weighted by molar-refractivity contribution is 6.28. The van der Waals surface area contributed by atoms with Crippen LogP contribution < -0.4 is 0 Å². The standard InChI is InChI=1S/C15H22ClN3/c1-9(2)13-17-18-14(16)19(13)15-6-10-3-11(7-15)5-12(4-10)8-15/h9-12H,3-8H2,1-2H3. The highest BCUT2D eigenvalue weighted by Crippen LogP contribution is 2.59. The van der Waals surface area contributed by atoms with Gasteiger partial charge in [-0.1, -0.05) is 13.8 Å². The van der Waals surface area contributed by atoms with Crippen LogP contribution in [-0.4, -0.2) is 14.8 Å². The zero-order chi connectivity index (χ0) is 13.2. The Labute approximate surface area is 119 Å². The zero-order valence-electron chi connectivity index (χ0n) is 11.8. The lowest BCUT2D eigenvalue weighted by Gasteiger charge is -2.57. The molecular formula is C15H22ClN3. The molecule has 0 saturated heterocycles. The highest BCUT2D eigenvalue weighted by Gasteiger charge is 2.53. The van der Waals surface area contributed by atoms with Crippen molar-refractivity contribution in [1.82, 2.24) is 14.8 Å². The molecule has 5 rings (SSSR count). The van der Waals surface area contributed by atoms with Crippen LogP contribution in [0.5, 0.6) is 0 Å². The molecular weight excluding hydrogens is 258 g/mol. The van der Waals surface area contributed by atoms with Crippen molar-refractivity contribution in [2.45, 2.75) is 63.8 Å². The topological polar surface area (TPSA) is 30.7 Å². The average Bonchev–Trinajstić information content (AvgIpc) is 2.70. The van der Waals surface area contributed by atoms with Gasteiger partial charge in [-0.05, 0) is 67.9 Å². The van der Waals surface area contributed by atoms with E-state index in [2.05, 4.69) is 28.6 Å². The number of hydrogen-bond acceptors (Lipinski definition) is 2. The fourth-order valence-corrected chi connectivity index (χ4v) is 5.73. The van der Waals surface area contributed by atoms with Crippen molar-refractivity contribution in [1.29, 1.82) is 0 Å². The Balaban J connectivity index is 1.81. The molecule has 1 aromatic heterocycles. The van der Waals surface area contributed by atoms with E-state index in [4.69, 9.17) is 11.6 Å². The Morgan fingerprint density at radius 1 is 1.05 bits per heavy atom. The molecule has 4 bridgehead atoms. The third kappa shape index (κ3) is 1.70. The minimum absolute atomic E-state index is 0.245. The Hall–Kier alpha value is -0.570. The van der Waals surface area contributed by atoms with Gasteiger partial charge in [-0.3, -0.25) is 4.57 Å². The minimum atomic E-state index is 0.245. The quantitative estimate of drug-likeness (QED) is 0.820. The molecule has 0 N–H and O–H groups in total. The molecule has 3 nitrogen and oxygen atoms in total. The molecule has 1 aromatic rings. The third-order valence-electron chi connectivity index (χ3n) is 5.65. The molecule has 0 unspecified atom stereocenters. The summed E-state index contributed by atoms with van der Waals surface area (Å²) < 4.78 is 2.32. The van der Waals surface area contributed by atoms with Crippen molar-refractivity contribution >= 4 is 11.6 Å². The predicted molar refractivity (Wildman–Crippen MR) is 75.3 cm³/mol. The van der Waals surface area contributed by atoms with Gasteiger partial charge < -0.3 is 0 Å². The molecule has 4 aliphatic rings. The maximum Gasteiger partial charge on any atom is 0.225 e. The largest absolute Gasteiger partial charge is 0.295 e. The Kier molecular flexibility index (Phi) is 2.55.